The number of hydrogen-bond donors (Lipinski definition) is 0. The number of rotatable bonds is 18. The molecule has 0 N–H and O–H groups in total. The smallest absolute Gasteiger partial charge is 0.283 e. The monoisotopic (exact) mass is 1890 g/mol. The van der Waals surface area contributed by atoms with E-state index in [1.165, 1.54) is 267 Å². The summed E-state index contributed by atoms with van der Waals surface area (Å²) in [6.07, 6.45) is 40.7. The first kappa shape index (κ1) is 115. The normalized spacial score (nSPS) is 36.8. The van der Waals surface area contributed by atoms with Crippen molar-refractivity contribution < 1.29 is 45.3 Å². The number of likely N-dealkylation sites (N-methyl/N-ethyl adjacent to an activating group) is 3. The van der Waals surface area contributed by atoms with Crippen molar-refractivity contribution in [3.05, 3.63) is 47.3 Å². The third-order valence-corrected chi connectivity index (χ3v) is 43.5. The second-order valence-electron chi connectivity index (χ2n) is 54.8. The van der Waals surface area contributed by atoms with E-state index in [1.54, 1.807) is 0 Å². The third-order valence-electron chi connectivity index (χ3n) is 43.5. The Bertz CT molecular complexity index is 3650. The summed E-state index contributed by atoms with van der Waals surface area (Å²) in [4.78, 5) is 10.6. The SMILES string of the molecule is CC(C)C12CCC[N+]1(C(C)C)CCC2.CC(C)C1CC2CCC(C1)[N+]2(C)C(C)C.CC(C)C1CC2CCCC(C1)[N+]2(C)C(C)C.CC(C)C1CC[N+]2(C(C)C)CCCC12.CC(C)N1CC2CCC(C1)[N+]2(C)C(C)C.CC(C)N1CC2CCC1C[N+]2(C)C(C)C.CC(C)N1CC2CCCC(C1)[N+]2(C)C(C)C.CC(C)N1Cc2cc[n+](C(C)C)cc2C1.CC(C)c1c[n+](C(C)C)c2n1CCOC2. The molecule has 2 aromatic heterocycles. The lowest BCUT2D eigenvalue weighted by Gasteiger charge is -2.59. The lowest BCUT2D eigenvalue weighted by Crippen LogP contribution is -2.73. The van der Waals surface area contributed by atoms with Gasteiger partial charge >= 0.3 is 0 Å². The molecule has 0 saturated carbocycles. The molecule has 14 unspecified atom stereocenters. The fraction of sp³-hybridized carbons (Fsp3) is 0.933. The third kappa shape index (κ3) is 24.1. The maximum atomic E-state index is 5.54. The highest BCUT2D eigenvalue weighted by atomic mass is 16.5. The van der Waals surface area contributed by atoms with E-state index in [4.69, 9.17) is 4.74 Å². The molecule has 17 aliphatic heterocycles. The van der Waals surface area contributed by atoms with Crippen LogP contribution in [0.3, 0.4) is 0 Å². The summed E-state index contributed by atoms with van der Waals surface area (Å²) in [5.41, 5.74) is 5.09. The average Bonchev–Trinajstić information content (AvgIpc) is 1.57. The van der Waals surface area contributed by atoms with Crippen LogP contribution in [0.1, 0.15) is 438 Å². The summed E-state index contributed by atoms with van der Waals surface area (Å²) in [7, 11) is 12.5. The van der Waals surface area contributed by atoms with Crippen molar-refractivity contribution in [3.63, 3.8) is 0 Å². The summed E-state index contributed by atoms with van der Waals surface area (Å²) in [5.74, 6) is 8.49. The molecule has 19 rings (SSSR count). The van der Waals surface area contributed by atoms with Gasteiger partial charge in [-0.15, -0.1) is 0 Å². The number of likely N-dealkylation sites (tertiary alicyclic amines) is 2. The van der Waals surface area contributed by atoms with Crippen molar-refractivity contribution in [2.75, 3.05) is 107 Å². The van der Waals surface area contributed by atoms with Gasteiger partial charge in [0.05, 0.1) is 192 Å². The van der Waals surface area contributed by atoms with Gasteiger partial charge in [-0.1, -0.05) is 69.2 Å². The lowest BCUT2D eigenvalue weighted by atomic mass is 9.72. The molecular weight excluding hydrogens is 1650 g/mol. The van der Waals surface area contributed by atoms with Crippen molar-refractivity contribution in [2.45, 2.75) is 580 Å². The summed E-state index contributed by atoms with van der Waals surface area (Å²) in [6, 6.07) is 22.0. The molecule has 15 nitrogen and oxygen atoms in total. The van der Waals surface area contributed by atoms with Crippen molar-refractivity contribution >= 4 is 0 Å². The number of ether oxygens (including phenoxy) is 1. The molecule has 2 aromatic rings. The second-order valence-corrected chi connectivity index (χ2v) is 54.8. The molecule has 15 fully saturated rings. The van der Waals surface area contributed by atoms with E-state index in [1.807, 2.05) is 0 Å². The van der Waals surface area contributed by atoms with Crippen LogP contribution in [-0.2, 0) is 31.0 Å². The van der Waals surface area contributed by atoms with Gasteiger partial charge in [-0.05, 0) is 247 Å². The van der Waals surface area contributed by atoms with E-state index in [2.05, 4.69) is 342 Å². The minimum atomic E-state index is 0.514. The molecule has 782 valence electrons. The van der Waals surface area contributed by atoms with Crippen LogP contribution in [0, 0.1) is 41.4 Å². The molecule has 135 heavy (non-hydrogen) atoms. The number of piperidine rings is 6. The highest BCUT2D eigenvalue weighted by molar-refractivity contribution is 5.25. The zero-order chi connectivity index (χ0) is 100. The first-order chi connectivity index (χ1) is 63.1. The number of imidazole rings is 1. The molecule has 0 amide bonds. The van der Waals surface area contributed by atoms with Gasteiger partial charge < -0.3 is 36.1 Å². The molecule has 0 aromatic carbocycles. The Morgan fingerprint density at radius 1 is 0.385 bits per heavy atom. The van der Waals surface area contributed by atoms with Crippen LogP contribution < -0.4 is 9.13 Å². The molecule has 14 atom stereocenters. The van der Waals surface area contributed by atoms with Crippen LogP contribution in [0.25, 0.3) is 0 Å². The Kier molecular flexibility index (Phi) is 40.5. The number of piperazine rings is 3. The number of hydrogen-bond acceptors (Lipinski definition) is 5. The van der Waals surface area contributed by atoms with Crippen LogP contribution in [0.15, 0.2) is 24.7 Å². The van der Waals surface area contributed by atoms with Gasteiger partial charge in [0.25, 0.3) is 5.82 Å². The highest BCUT2D eigenvalue weighted by Gasteiger charge is 2.62. The fourth-order valence-corrected chi connectivity index (χ4v) is 32.5. The van der Waals surface area contributed by atoms with Gasteiger partial charge in [-0.25, -0.2) is 13.7 Å². The van der Waals surface area contributed by atoms with Crippen molar-refractivity contribution in [2.24, 2.45) is 41.4 Å². The van der Waals surface area contributed by atoms with Gasteiger partial charge in [-0.3, -0.25) is 19.6 Å². The predicted molar refractivity (Wildman–Crippen MR) is 578 cm³/mol. The van der Waals surface area contributed by atoms with Crippen LogP contribution >= 0.6 is 0 Å². The minimum absolute atomic E-state index is 0.514. The topological polar surface area (TPSA) is 34.9 Å². The fourth-order valence-electron chi connectivity index (χ4n) is 32.5. The van der Waals surface area contributed by atoms with Gasteiger partial charge in [0.2, 0.25) is 0 Å². The van der Waals surface area contributed by atoms with Crippen LogP contribution in [0.2, 0.25) is 0 Å². The van der Waals surface area contributed by atoms with E-state index in [0.29, 0.717) is 29.6 Å². The zero-order valence-electron chi connectivity index (χ0n) is 97.8. The largest absolute Gasteiger partial charge is 0.365 e. The molecule has 0 spiro atoms. The maximum Gasteiger partial charge on any atom is 0.283 e. The Hall–Kier alpha value is -2.12. The molecular formula is C120H235N14O+9. The average molecular weight is 1890 g/mol. The van der Waals surface area contributed by atoms with Crippen LogP contribution in [-0.4, -0.2) is 301 Å². The van der Waals surface area contributed by atoms with Crippen LogP contribution in [0.4, 0.5) is 0 Å². The van der Waals surface area contributed by atoms with E-state index in [9.17, 15) is 0 Å². The van der Waals surface area contributed by atoms with Gasteiger partial charge in [0.1, 0.15) is 60.8 Å². The van der Waals surface area contributed by atoms with Gasteiger partial charge in [0.15, 0.2) is 18.4 Å². The number of aromatic nitrogens is 3. The Morgan fingerprint density at radius 2 is 0.822 bits per heavy atom. The summed E-state index contributed by atoms with van der Waals surface area (Å²) >= 11 is 0. The first-order valence-electron chi connectivity index (χ1n) is 58.8. The summed E-state index contributed by atoms with van der Waals surface area (Å²) in [5, 5.41) is 0. The van der Waals surface area contributed by atoms with E-state index in [-0.39, 0.29) is 0 Å². The lowest BCUT2D eigenvalue weighted by molar-refractivity contribution is -0.986. The molecule has 19 heterocycles. The highest BCUT2D eigenvalue weighted by Crippen LogP contribution is 2.54. The summed E-state index contributed by atoms with van der Waals surface area (Å²) < 4.78 is 22.3. The molecule has 15 saturated heterocycles. The van der Waals surface area contributed by atoms with Crippen molar-refractivity contribution in [1.29, 1.82) is 0 Å². The van der Waals surface area contributed by atoms with Crippen LogP contribution in [0.5, 0.6) is 0 Å². The quantitative estimate of drug-likeness (QED) is 0.110. The molecule has 0 aliphatic carbocycles. The van der Waals surface area contributed by atoms with E-state index < -0.39 is 0 Å². The standard InChI is InChI=1S/C15H30N.C14H29N2.C14H28N.2C13H27N2.C13H21N2.2C13H26N.C12H21N2O/c1-11(2)13-9-14-7-6-8-15(10-13)16(14,5)12(3)4;1-11(2)15-9-13-7-6-8-14(10-15)16(13,5)12(3)4;1-10(2)12-8-13-6-7-14(9-12)15(13,5)11(3)4;1-10(2)14-8-13-7-6-12(14)9-15(13,5)11(3)4;1-10(2)14-8-12-6-7-13(9-14)15(12,5)11(3)4;1-10(2)14-6-5-12-7-15(11(3)4)9-13(12)8-14;1-11(2)13-7-5-9-14(13,12(3)4)10-6-8-13;1-10(2)12-7-9-14(11(3)4)8-5-6-13(12)14;1-9(2)11-7-14(10(3)4)12-8-15-6-5-13(11)12/h11-15H,6-10H2,1-5H3;11-14H,6-10H2,1-5H3;10-14H,6-9H2,1-5H3;2*10-13H,6-9H2,1-5H3;5-6,8,10-11H,7,9H2,1-4H3;11-12H,5-10H2,1-4H3;10-13H,5-9H2,1-4H3;7,9-10H,5-6,8H2,1-4H3/q9*+1. The predicted octanol–water partition coefficient (Wildman–Crippen LogP) is 24.5. The zero-order valence-corrected chi connectivity index (χ0v) is 97.8. The minimum Gasteiger partial charge on any atom is -0.365 e. The van der Waals surface area contributed by atoms with Crippen molar-refractivity contribution in [1.82, 2.24) is 24.2 Å². The number of quaternary nitrogens is 7. The first-order valence-corrected chi connectivity index (χ1v) is 58.8. The molecule has 10 bridgehead atoms. The summed E-state index contributed by atoms with van der Waals surface area (Å²) in [6.45, 7) is 104. The van der Waals surface area contributed by atoms with Gasteiger partial charge in [-0.2, -0.15) is 0 Å². The number of nitrogens with zero attached hydrogens (tertiary/aromatic N) is 14. The number of pyridine rings is 1. The Balaban J connectivity index is 0.000000157. The Morgan fingerprint density at radius 3 is 1.20 bits per heavy atom. The maximum absolute atomic E-state index is 5.54. The molecule has 15 heteroatoms. The van der Waals surface area contributed by atoms with Crippen molar-refractivity contribution in [3.8, 4) is 0 Å². The van der Waals surface area contributed by atoms with E-state index >= 15 is 0 Å². The Labute approximate surface area is 840 Å². The van der Waals surface area contributed by atoms with E-state index in [0.717, 1.165) is 201 Å². The molecule has 0 radical (unpaired) electrons. The number of fused-ring (bicyclic) bond motifs is 15. The molecule has 17 aliphatic rings. The second kappa shape index (κ2) is 47.6. The van der Waals surface area contributed by atoms with Gasteiger partial charge in [0, 0.05) is 182 Å².